The number of thiophene rings is 1. The van der Waals surface area contributed by atoms with Crippen molar-refractivity contribution in [2.24, 2.45) is 0 Å². The van der Waals surface area contributed by atoms with Crippen LogP contribution in [0, 0.1) is 0 Å². The second-order valence-corrected chi connectivity index (χ2v) is 4.86. The van der Waals surface area contributed by atoms with Crippen LogP contribution in [0.2, 0.25) is 0 Å². The maximum atomic E-state index is 12.4. The van der Waals surface area contributed by atoms with Crippen molar-refractivity contribution in [3.8, 4) is 0 Å². The molecule has 0 N–H and O–H groups in total. The molecular formula is C10H10F3NOS. The van der Waals surface area contributed by atoms with Crippen molar-refractivity contribution in [3.05, 3.63) is 17.0 Å². The molecule has 0 atom stereocenters. The van der Waals surface area contributed by atoms with E-state index in [1.807, 2.05) is 0 Å². The minimum absolute atomic E-state index is 0.0141. The lowest BCUT2D eigenvalue weighted by molar-refractivity contribution is -0.119. The normalized spacial score (nSPS) is 16.2. The lowest BCUT2D eigenvalue weighted by atomic mass is 10.4. The highest BCUT2D eigenvalue weighted by molar-refractivity contribution is 7.17. The first kappa shape index (κ1) is 11.4. The first-order valence-corrected chi connectivity index (χ1v) is 5.69. The minimum Gasteiger partial charge on any atom is -0.351 e. The number of aldehydes is 1. The number of hydrogen-bond donors (Lipinski definition) is 0. The van der Waals surface area contributed by atoms with E-state index in [-0.39, 0.29) is 6.04 Å². The summed E-state index contributed by atoms with van der Waals surface area (Å²) in [5.41, 5.74) is 0. The topological polar surface area (TPSA) is 20.3 Å². The molecule has 0 radical (unpaired) electrons. The summed E-state index contributed by atoms with van der Waals surface area (Å²) in [6.07, 6.45) is -1.95. The van der Waals surface area contributed by atoms with Crippen LogP contribution in [-0.4, -0.2) is 25.0 Å². The van der Waals surface area contributed by atoms with Crippen molar-refractivity contribution in [2.75, 3.05) is 11.4 Å². The van der Waals surface area contributed by atoms with E-state index in [1.165, 1.54) is 4.90 Å². The van der Waals surface area contributed by atoms with Gasteiger partial charge in [-0.25, -0.2) is 0 Å². The van der Waals surface area contributed by atoms with Gasteiger partial charge >= 0.3 is 6.18 Å². The third kappa shape index (κ3) is 2.75. The smallest absolute Gasteiger partial charge is 0.351 e. The number of hydrogen-bond acceptors (Lipinski definition) is 3. The average Bonchev–Trinajstić information content (AvgIpc) is 2.91. The lowest BCUT2D eigenvalue weighted by Gasteiger charge is -2.23. The number of carbonyl (C=O) groups is 1. The summed E-state index contributed by atoms with van der Waals surface area (Å²) < 4.78 is 37.1. The standard InChI is InChI=1S/C10H10F3NOS/c11-10(12,13)6-14(7-1-2-7)9-4-3-8(5-15)16-9/h3-5,7H,1-2,6H2. The molecule has 0 bridgehead atoms. The molecule has 1 aliphatic rings. The fraction of sp³-hybridized carbons (Fsp3) is 0.500. The number of carbonyl (C=O) groups excluding carboxylic acids is 1. The maximum absolute atomic E-state index is 12.4. The highest BCUT2D eigenvalue weighted by atomic mass is 32.1. The van der Waals surface area contributed by atoms with Crippen LogP contribution in [0.3, 0.4) is 0 Å². The zero-order valence-electron chi connectivity index (χ0n) is 8.33. The van der Waals surface area contributed by atoms with Crippen LogP contribution in [0.5, 0.6) is 0 Å². The fourth-order valence-corrected chi connectivity index (χ4v) is 2.42. The monoisotopic (exact) mass is 249 g/mol. The summed E-state index contributed by atoms with van der Waals surface area (Å²) in [6.45, 7) is -0.934. The molecule has 6 heteroatoms. The summed E-state index contributed by atoms with van der Waals surface area (Å²) >= 11 is 1.11. The summed E-state index contributed by atoms with van der Waals surface area (Å²) in [6, 6.07) is 3.12. The van der Waals surface area contributed by atoms with E-state index in [0.29, 0.717) is 16.2 Å². The highest BCUT2D eigenvalue weighted by Crippen LogP contribution is 2.37. The number of anilines is 1. The van der Waals surface area contributed by atoms with Crippen LogP contribution < -0.4 is 4.90 Å². The molecule has 1 saturated carbocycles. The third-order valence-corrected chi connectivity index (χ3v) is 3.40. The van der Waals surface area contributed by atoms with Crippen LogP contribution in [0.25, 0.3) is 0 Å². The number of halogens is 3. The average molecular weight is 249 g/mol. The molecule has 16 heavy (non-hydrogen) atoms. The Balaban J connectivity index is 2.15. The molecule has 0 unspecified atom stereocenters. The Morgan fingerprint density at radius 3 is 2.56 bits per heavy atom. The first-order chi connectivity index (χ1) is 7.49. The van der Waals surface area contributed by atoms with E-state index in [0.717, 1.165) is 24.2 Å². The molecule has 1 aromatic heterocycles. The number of nitrogens with zero attached hydrogens (tertiary/aromatic N) is 1. The molecule has 1 fully saturated rings. The van der Waals surface area contributed by atoms with Crippen molar-refractivity contribution in [1.82, 2.24) is 0 Å². The van der Waals surface area contributed by atoms with Crippen molar-refractivity contribution in [2.45, 2.75) is 25.1 Å². The summed E-state index contributed by atoms with van der Waals surface area (Å²) in [7, 11) is 0. The molecule has 0 spiro atoms. The van der Waals surface area contributed by atoms with E-state index in [2.05, 4.69) is 0 Å². The van der Waals surface area contributed by atoms with Gasteiger partial charge in [0.15, 0.2) is 6.29 Å². The molecule has 0 aliphatic heterocycles. The van der Waals surface area contributed by atoms with Gasteiger partial charge in [0.2, 0.25) is 0 Å². The molecule has 0 amide bonds. The zero-order valence-corrected chi connectivity index (χ0v) is 9.14. The lowest BCUT2D eigenvalue weighted by Crippen LogP contribution is -2.35. The SMILES string of the molecule is O=Cc1ccc(N(CC(F)(F)F)C2CC2)s1. The summed E-state index contributed by atoms with van der Waals surface area (Å²) in [5, 5.41) is 0.530. The van der Waals surface area contributed by atoms with Gasteiger partial charge in [-0.05, 0) is 25.0 Å². The van der Waals surface area contributed by atoms with E-state index in [1.54, 1.807) is 12.1 Å². The molecule has 1 aliphatic carbocycles. The van der Waals surface area contributed by atoms with E-state index in [9.17, 15) is 18.0 Å². The predicted molar refractivity (Wildman–Crippen MR) is 56.1 cm³/mol. The van der Waals surface area contributed by atoms with Gasteiger partial charge in [-0.15, -0.1) is 11.3 Å². The Morgan fingerprint density at radius 1 is 1.44 bits per heavy atom. The second kappa shape index (κ2) is 4.08. The Bertz CT molecular complexity index is 384. The minimum atomic E-state index is -4.20. The molecule has 0 aromatic carbocycles. The van der Waals surface area contributed by atoms with Crippen LogP contribution in [0.1, 0.15) is 22.5 Å². The first-order valence-electron chi connectivity index (χ1n) is 4.88. The maximum Gasteiger partial charge on any atom is 0.405 e. The second-order valence-electron chi connectivity index (χ2n) is 3.77. The Labute approximate surface area is 94.7 Å². The van der Waals surface area contributed by atoms with Gasteiger partial charge < -0.3 is 4.90 Å². The predicted octanol–water partition coefficient (Wildman–Crippen LogP) is 3.09. The molecule has 88 valence electrons. The van der Waals surface area contributed by atoms with Gasteiger partial charge in [-0.3, -0.25) is 4.79 Å². The highest BCUT2D eigenvalue weighted by Gasteiger charge is 2.38. The molecule has 1 heterocycles. The number of rotatable bonds is 4. The molecule has 0 saturated heterocycles. The summed E-state index contributed by atoms with van der Waals surface area (Å²) in [4.78, 5) is 12.3. The van der Waals surface area contributed by atoms with Gasteiger partial charge in [0.25, 0.3) is 0 Å². The Kier molecular flexibility index (Phi) is 2.92. The van der Waals surface area contributed by atoms with E-state index < -0.39 is 12.7 Å². The van der Waals surface area contributed by atoms with E-state index in [4.69, 9.17) is 0 Å². The van der Waals surface area contributed by atoms with Crippen molar-refractivity contribution < 1.29 is 18.0 Å². The van der Waals surface area contributed by atoms with Crippen LogP contribution >= 0.6 is 11.3 Å². The molecular weight excluding hydrogens is 239 g/mol. The van der Waals surface area contributed by atoms with Crippen LogP contribution in [0.15, 0.2) is 12.1 Å². The van der Waals surface area contributed by atoms with Gasteiger partial charge in [-0.1, -0.05) is 0 Å². The van der Waals surface area contributed by atoms with Gasteiger partial charge in [-0.2, -0.15) is 13.2 Å². The molecule has 2 nitrogen and oxygen atoms in total. The van der Waals surface area contributed by atoms with Crippen LogP contribution in [-0.2, 0) is 0 Å². The van der Waals surface area contributed by atoms with Gasteiger partial charge in [0.1, 0.15) is 6.54 Å². The van der Waals surface area contributed by atoms with E-state index >= 15 is 0 Å². The Hall–Kier alpha value is -1.04. The van der Waals surface area contributed by atoms with Crippen molar-refractivity contribution in [1.29, 1.82) is 0 Å². The largest absolute Gasteiger partial charge is 0.405 e. The van der Waals surface area contributed by atoms with Gasteiger partial charge in [0.05, 0.1) is 9.88 Å². The zero-order chi connectivity index (χ0) is 11.8. The Morgan fingerprint density at radius 2 is 2.12 bits per heavy atom. The van der Waals surface area contributed by atoms with Crippen molar-refractivity contribution >= 4 is 22.6 Å². The van der Waals surface area contributed by atoms with Gasteiger partial charge in [0, 0.05) is 6.04 Å². The van der Waals surface area contributed by atoms with Crippen LogP contribution in [0.4, 0.5) is 18.2 Å². The summed E-state index contributed by atoms with van der Waals surface area (Å²) in [5.74, 6) is 0. The quantitative estimate of drug-likeness (QED) is 0.764. The van der Waals surface area contributed by atoms with Crippen molar-refractivity contribution in [3.63, 3.8) is 0 Å². The number of alkyl halides is 3. The third-order valence-electron chi connectivity index (χ3n) is 2.35. The molecule has 2 rings (SSSR count). The fourth-order valence-electron chi connectivity index (χ4n) is 1.53. The molecule has 1 aromatic rings.